The molecule has 1 atom stereocenters. The van der Waals surface area contributed by atoms with Gasteiger partial charge in [-0.3, -0.25) is 4.79 Å². The molecule has 0 saturated heterocycles. The molecule has 1 rings (SSSR count). The van der Waals surface area contributed by atoms with E-state index in [9.17, 15) is 4.79 Å². The van der Waals surface area contributed by atoms with Gasteiger partial charge in [0, 0.05) is 22.4 Å². The van der Waals surface area contributed by atoms with Crippen LogP contribution < -0.4 is 0 Å². The molecule has 0 amide bonds. The Kier molecular flexibility index (Phi) is 4.98. The third kappa shape index (κ3) is 5.37. The molecule has 96 valence electrons. The molecule has 0 aliphatic heterocycles. The molecule has 1 aromatic carbocycles. The predicted molar refractivity (Wildman–Crippen MR) is 75.9 cm³/mol. The van der Waals surface area contributed by atoms with Crippen LogP contribution >= 0.6 is 15.9 Å². The zero-order valence-electron chi connectivity index (χ0n) is 11.1. The van der Waals surface area contributed by atoms with Gasteiger partial charge in [-0.25, -0.2) is 0 Å². The van der Waals surface area contributed by atoms with E-state index in [1.807, 2.05) is 45.0 Å². The van der Waals surface area contributed by atoms with Gasteiger partial charge in [0.15, 0.2) is 6.10 Å². The van der Waals surface area contributed by atoms with E-state index in [1.54, 1.807) is 0 Å². The van der Waals surface area contributed by atoms with Gasteiger partial charge in [-0.05, 0) is 32.9 Å². The number of esters is 1. The average Bonchev–Trinajstić information content (AvgIpc) is 2.24. The van der Waals surface area contributed by atoms with Gasteiger partial charge in [-0.2, -0.15) is 0 Å². The highest BCUT2D eigenvalue weighted by atomic mass is 79.9. The number of benzene rings is 1. The largest absolute Gasteiger partial charge is 0.444 e. The SMILES string of the molecule is CC(=O)O[C@@H](C#CC(C)(C)C)c1ccc(Br)cc1. The third-order valence-corrected chi connectivity index (χ3v) is 2.56. The molecule has 0 fully saturated rings. The zero-order valence-corrected chi connectivity index (χ0v) is 12.7. The van der Waals surface area contributed by atoms with Gasteiger partial charge >= 0.3 is 5.97 Å². The Hall–Kier alpha value is -1.27. The lowest BCUT2D eigenvalue weighted by molar-refractivity contribution is -0.144. The number of carbonyl (C=O) groups excluding carboxylic acids is 1. The Morgan fingerprint density at radius 2 is 1.83 bits per heavy atom. The highest BCUT2D eigenvalue weighted by molar-refractivity contribution is 9.10. The molecule has 0 aliphatic carbocycles. The van der Waals surface area contributed by atoms with Crippen molar-refractivity contribution >= 4 is 21.9 Å². The standard InChI is InChI=1S/C15H17BrO2/c1-11(17)18-14(9-10-15(2,3)4)12-5-7-13(16)8-6-12/h5-8,14H,1-4H3/t14-/m0/s1. The van der Waals surface area contributed by atoms with Crippen LogP contribution in [0.5, 0.6) is 0 Å². The zero-order chi connectivity index (χ0) is 13.8. The van der Waals surface area contributed by atoms with Crippen molar-refractivity contribution in [3.05, 3.63) is 34.3 Å². The van der Waals surface area contributed by atoms with Crippen molar-refractivity contribution in [2.24, 2.45) is 5.41 Å². The second-order valence-electron chi connectivity index (χ2n) is 5.06. The third-order valence-electron chi connectivity index (χ3n) is 2.03. The van der Waals surface area contributed by atoms with Crippen LogP contribution in [0.25, 0.3) is 0 Å². The fourth-order valence-corrected chi connectivity index (χ4v) is 1.53. The molecular weight excluding hydrogens is 292 g/mol. The van der Waals surface area contributed by atoms with Crippen molar-refractivity contribution in [3.63, 3.8) is 0 Å². The lowest BCUT2D eigenvalue weighted by atomic mass is 9.97. The monoisotopic (exact) mass is 308 g/mol. The number of halogens is 1. The first kappa shape index (κ1) is 14.8. The molecule has 0 aromatic heterocycles. The molecule has 0 unspecified atom stereocenters. The van der Waals surface area contributed by atoms with Crippen molar-refractivity contribution in [1.29, 1.82) is 0 Å². The quantitative estimate of drug-likeness (QED) is 0.607. The minimum atomic E-state index is -0.505. The van der Waals surface area contributed by atoms with Gasteiger partial charge in [0.05, 0.1) is 0 Å². The van der Waals surface area contributed by atoms with Crippen molar-refractivity contribution in [1.82, 2.24) is 0 Å². The first-order chi connectivity index (χ1) is 8.28. The number of hydrogen-bond acceptors (Lipinski definition) is 2. The maximum atomic E-state index is 11.1. The van der Waals surface area contributed by atoms with Crippen LogP contribution in [-0.4, -0.2) is 5.97 Å². The Labute approximate surface area is 117 Å². The summed E-state index contributed by atoms with van der Waals surface area (Å²) >= 11 is 3.37. The fraction of sp³-hybridized carbons (Fsp3) is 0.400. The predicted octanol–water partition coefficient (Wildman–Crippen LogP) is 4.10. The Morgan fingerprint density at radius 1 is 1.28 bits per heavy atom. The fourth-order valence-electron chi connectivity index (χ4n) is 1.27. The summed E-state index contributed by atoms with van der Waals surface area (Å²) in [5.74, 6) is 5.79. The maximum Gasteiger partial charge on any atom is 0.304 e. The van der Waals surface area contributed by atoms with Gasteiger partial charge in [0.2, 0.25) is 0 Å². The number of ether oxygens (including phenoxy) is 1. The van der Waals surface area contributed by atoms with Crippen LogP contribution in [0.15, 0.2) is 28.7 Å². The second-order valence-corrected chi connectivity index (χ2v) is 5.98. The number of hydrogen-bond donors (Lipinski definition) is 0. The van der Waals surface area contributed by atoms with E-state index in [0.29, 0.717) is 0 Å². The molecule has 0 radical (unpaired) electrons. The summed E-state index contributed by atoms with van der Waals surface area (Å²) in [6, 6.07) is 7.61. The first-order valence-electron chi connectivity index (χ1n) is 5.73. The van der Waals surface area contributed by atoms with Crippen molar-refractivity contribution in [2.75, 3.05) is 0 Å². The highest BCUT2D eigenvalue weighted by Gasteiger charge is 2.13. The van der Waals surface area contributed by atoms with Crippen molar-refractivity contribution in [3.8, 4) is 11.8 Å². The van der Waals surface area contributed by atoms with Crippen LogP contribution in [0.3, 0.4) is 0 Å². The summed E-state index contributed by atoms with van der Waals surface area (Å²) in [6.45, 7) is 7.45. The van der Waals surface area contributed by atoms with Crippen molar-refractivity contribution in [2.45, 2.75) is 33.8 Å². The maximum absolute atomic E-state index is 11.1. The van der Waals surface area contributed by atoms with E-state index >= 15 is 0 Å². The van der Waals surface area contributed by atoms with Crippen LogP contribution in [0, 0.1) is 17.3 Å². The van der Waals surface area contributed by atoms with E-state index in [-0.39, 0.29) is 11.4 Å². The normalized spacial score (nSPS) is 12.3. The van der Waals surface area contributed by atoms with Gasteiger partial charge in [-0.15, -0.1) is 0 Å². The molecule has 1 aromatic rings. The smallest absolute Gasteiger partial charge is 0.304 e. The van der Waals surface area contributed by atoms with E-state index in [2.05, 4.69) is 27.8 Å². The van der Waals surface area contributed by atoms with Crippen LogP contribution in [-0.2, 0) is 9.53 Å². The lowest BCUT2D eigenvalue weighted by Crippen LogP contribution is -2.08. The molecule has 0 spiro atoms. The van der Waals surface area contributed by atoms with Crippen LogP contribution in [0.2, 0.25) is 0 Å². The van der Waals surface area contributed by atoms with Gasteiger partial charge in [-0.1, -0.05) is 39.9 Å². The van der Waals surface area contributed by atoms with E-state index in [0.717, 1.165) is 10.0 Å². The average molecular weight is 309 g/mol. The van der Waals surface area contributed by atoms with Crippen molar-refractivity contribution < 1.29 is 9.53 Å². The van der Waals surface area contributed by atoms with Crippen LogP contribution in [0.1, 0.15) is 39.4 Å². The first-order valence-corrected chi connectivity index (χ1v) is 6.52. The minimum Gasteiger partial charge on any atom is -0.444 e. The Morgan fingerprint density at radius 3 is 2.28 bits per heavy atom. The summed E-state index contributed by atoms with van der Waals surface area (Å²) < 4.78 is 6.23. The van der Waals surface area contributed by atoms with E-state index in [1.165, 1.54) is 6.92 Å². The summed E-state index contributed by atoms with van der Waals surface area (Å²) in [7, 11) is 0. The summed E-state index contributed by atoms with van der Waals surface area (Å²) in [5.41, 5.74) is 0.762. The molecule has 0 N–H and O–H groups in total. The summed E-state index contributed by atoms with van der Waals surface area (Å²) in [5, 5.41) is 0. The van der Waals surface area contributed by atoms with E-state index in [4.69, 9.17) is 4.74 Å². The lowest BCUT2D eigenvalue weighted by Gasteiger charge is -2.13. The van der Waals surface area contributed by atoms with Gasteiger partial charge in [0.1, 0.15) is 0 Å². The Bertz CT molecular complexity index is 472. The number of rotatable bonds is 2. The molecule has 18 heavy (non-hydrogen) atoms. The van der Waals surface area contributed by atoms with E-state index < -0.39 is 6.10 Å². The second kappa shape index (κ2) is 6.06. The molecule has 2 nitrogen and oxygen atoms in total. The topological polar surface area (TPSA) is 26.3 Å². The molecule has 0 bridgehead atoms. The van der Waals surface area contributed by atoms with Crippen LogP contribution in [0.4, 0.5) is 0 Å². The number of carbonyl (C=O) groups is 1. The molecule has 0 heterocycles. The molecule has 0 aliphatic rings. The summed E-state index contributed by atoms with van der Waals surface area (Å²) in [6.07, 6.45) is -0.505. The molecular formula is C15H17BrO2. The highest BCUT2D eigenvalue weighted by Crippen LogP contribution is 2.21. The minimum absolute atomic E-state index is 0.117. The summed E-state index contributed by atoms with van der Waals surface area (Å²) in [4.78, 5) is 11.1. The van der Waals surface area contributed by atoms with Gasteiger partial charge in [0.25, 0.3) is 0 Å². The molecule has 3 heteroatoms. The Balaban J connectivity index is 3.01. The van der Waals surface area contributed by atoms with Gasteiger partial charge < -0.3 is 4.74 Å². The molecule has 0 saturated carbocycles.